The highest BCUT2D eigenvalue weighted by atomic mass is 15.2. The Morgan fingerprint density at radius 1 is 1.06 bits per heavy atom. The van der Waals surface area contributed by atoms with E-state index in [1.807, 2.05) is 13.0 Å². The first kappa shape index (κ1) is 11.1. The molecule has 0 atom stereocenters. The van der Waals surface area contributed by atoms with Crippen molar-refractivity contribution in [1.29, 1.82) is 0 Å². The summed E-state index contributed by atoms with van der Waals surface area (Å²) in [7, 11) is 0. The predicted octanol–water partition coefficient (Wildman–Crippen LogP) is 2.80. The lowest BCUT2D eigenvalue weighted by molar-refractivity contribution is 0.865. The molecule has 3 nitrogen and oxygen atoms in total. The first-order valence-electron chi connectivity index (χ1n) is 6.20. The number of rotatable bonds is 1. The molecule has 1 aromatic heterocycles. The third kappa shape index (κ3) is 1.82. The van der Waals surface area contributed by atoms with Crippen LogP contribution in [0, 0.1) is 13.8 Å². The van der Waals surface area contributed by atoms with E-state index in [0.717, 1.165) is 30.2 Å². The number of fused-ring (bicyclic) bond motifs is 1. The van der Waals surface area contributed by atoms with E-state index in [-0.39, 0.29) is 0 Å². The molecule has 0 saturated heterocycles. The van der Waals surface area contributed by atoms with Crippen LogP contribution in [0.3, 0.4) is 0 Å². The summed E-state index contributed by atoms with van der Waals surface area (Å²) in [4.78, 5) is 6.89. The number of hydrogen-bond donors (Lipinski definition) is 1. The van der Waals surface area contributed by atoms with Crippen molar-refractivity contribution in [2.75, 3.05) is 10.6 Å². The molecule has 0 bridgehead atoms. The van der Waals surface area contributed by atoms with Crippen LogP contribution >= 0.6 is 0 Å². The summed E-state index contributed by atoms with van der Waals surface area (Å²) < 4.78 is 0. The fourth-order valence-electron chi connectivity index (χ4n) is 2.60. The molecular weight excluding hydrogens is 222 g/mol. The van der Waals surface area contributed by atoms with E-state index in [1.54, 1.807) is 0 Å². The number of aromatic nitrogens is 1. The summed E-state index contributed by atoms with van der Waals surface area (Å²) >= 11 is 0. The second-order valence-corrected chi connectivity index (χ2v) is 4.94. The summed E-state index contributed by atoms with van der Waals surface area (Å²) in [5, 5.41) is 0. The molecule has 1 aliphatic heterocycles. The van der Waals surface area contributed by atoms with Gasteiger partial charge in [-0.15, -0.1) is 0 Å². The molecule has 0 amide bonds. The van der Waals surface area contributed by atoms with Gasteiger partial charge in [-0.3, -0.25) is 4.98 Å². The Kier molecular flexibility index (Phi) is 2.47. The maximum atomic E-state index is 5.83. The van der Waals surface area contributed by atoms with Gasteiger partial charge in [-0.1, -0.05) is 6.07 Å². The molecule has 0 saturated carbocycles. The molecule has 2 aromatic rings. The topological polar surface area (TPSA) is 42.1 Å². The fourth-order valence-corrected chi connectivity index (χ4v) is 2.60. The van der Waals surface area contributed by atoms with Crippen molar-refractivity contribution in [2.45, 2.75) is 26.9 Å². The van der Waals surface area contributed by atoms with Gasteiger partial charge in [0.1, 0.15) is 0 Å². The number of anilines is 2. The van der Waals surface area contributed by atoms with Gasteiger partial charge in [0.05, 0.1) is 11.4 Å². The average molecular weight is 239 g/mol. The Bertz CT molecular complexity index is 605. The van der Waals surface area contributed by atoms with E-state index < -0.39 is 0 Å². The Morgan fingerprint density at radius 3 is 2.61 bits per heavy atom. The first-order chi connectivity index (χ1) is 8.63. The number of pyridine rings is 1. The summed E-state index contributed by atoms with van der Waals surface area (Å²) in [5.41, 5.74) is 12.7. The first-order valence-corrected chi connectivity index (χ1v) is 6.20. The van der Waals surface area contributed by atoms with E-state index in [4.69, 9.17) is 5.73 Å². The van der Waals surface area contributed by atoms with E-state index in [1.165, 1.54) is 16.8 Å². The molecule has 0 fully saturated rings. The zero-order valence-electron chi connectivity index (χ0n) is 10.8. The van der Waals surface area contributed by atoms with Crippen molar-refractivity contribution in [3.05, 3.63) is 52.8 Å². The van der Waals surface area contributed by atoms with Crippen molar-refractivity contribution < 1.29 is 0 Å². The maximum absolute atomic E-state index is 5.83. The number of nitrogens with zero attached hydrogens (tertiary/aromatic N) is 2. The van der Waals surface area contributed by atoms with Gasteiger partial charge in [0.15, 0.2) is 0 Å². The lowest BCUT2D eigenvalue weighted by Crippen LogP contribution is -2.16. The Balaban J connectivity index is 1.93. The Labute approximate surface area is 107 Å². The van der Waals surface area contributed by atoms with Gasteiger partial charge in [0.25, 0.3) is 0 Å². The lowest BCUT2D eigenvalue weighted by Gasteiger charge is -2.19. The highest BCUT2D eigenvalue weighted by Gasteiger charge is 2.20. The van der Waals surface area contributed by atoms with Gasteiger partial charge in [-0.05, 0) is 49.2 Å². The molecule has 0 spiro atoms. The van der Waals surface area contributed by atoms with E-state index >= 15 is 0 Å². The minimum atomic E-state index is 0.842. The summed E-state index contributed by atoms with van der Waals surface area (Å²) in [5.74, 6) is 0. The van der Waals surface area contributed by atoms with E-state index in [2.05, 4.69) is 41.1 Å². The molecule has 0 unspecified atom stereocenters. The van der Waals surface area contributed by atoms with Crippen molar-refractivity contribution in [2.24, 2.45) is 0 Å². The Hall–Kier alpha value is -2.03. The Morgan fingerprint density at radius 2 is 1.83 bits per heavy atom. The largest absolute Gasteiger partial charge is 0.399 e. The zero-order valence-corrected chi connectivity index (χ0v) is 10.8. The van der Waals surface area contributed by atoms with Gasteiger partial charge >= 0.3 is 0 Å². The number of benzene rings is 1. The molecule has 92 valence electrons. The molecule has 0 radical (unpaired) electrons. The molecule has 0 aliphatic carbocycles. The van der Waals surface area contributed by atoms with Crippen molar-refractivity contribution in [1.82, 2.24) is 4.98 Å². The van der Waals surface area contributed by atoms with Crippen LogP contribution in [0.4, 0.5) is 11.4 Å². The summed E-state index contributed by atoms with van der Waals surface area (Å²) in [6.45, 7) is 5.96. The lowest BCUT2D eigenvalue weighted by atomic mass is 10.1. The van der Waals surface area contributed by atoms with Crippen LogP contribution in [0.1, 0.15) is 22.5 Å². The molecule has 2 N–H and O–H groups in total. The number of aryl methyl sites for hydroxylation is 2. The van der Waals surface area contributed by atoms with Crippen LogP contribution in [0.25, 0.3) is 0 Å². The number of nitrogens with two attached hydrogens (primary N) is 1. The highest BCUT2D eigenvalue weighted by molar-refractivity contribution is 5.57. The van der Waals surface area contributed by atoms with Crippen LogP contribution in [-0.2, 0) is 13.1 Å². The minimum absolute atomic E-state index is 0.842. The molecule has 1 aliphatic rings. The van der Waals surface area contributed by atoms with Crippen LogP contribution in [0.15, 0.2) is 30.3 Å². The second kappa shape index (κ2) is 4.02. The van der Waals surface area contributed by atoms with Gasteiger partial charge < -0.3 is 10.6 Å². The van der Waals surface area contributed by atoms with Crippen molar-refractivity contribution >= 4 is 11.4 Å². The quantitative estimate of drug-likeness (QED) is 0.778. The number of nitrogen functional groups attached to an aromatic ring is 1. The molecular formula is C15H17N3. The van der Waals surface area contributed by atoms with E-state index in [9.17, 15) is 0 Å². The highest BCUT2D eigenvalue weighted by Crippen LogP contribution is 2.30. The van der Waals surface area contributed by atoms with Crippen LogP contribution in [0.2, 0.25) is 0 Å². The standard InChI is InChI=1S/C15H17N3/c1-10-3-6-15(11(2)17-10)18-8-12-4-5-14(16)7-13(12)9-18/h3-7H,8-9,16H2,1-2H3. The zero-order chi connectivity index (χ0) is 12.7. The van der Waals surface area contributed by atoms with Gasteiger partial charge in [0, 0.05) is 24.5 Å². The minimum Gasteiger partial charge on any atom is -0.399 e. The third-order valence-electron chi connectivity index (χ3n) is 3.49. The maximum Gasteiger partial charge on any atom is 0.0609 e. The SMILES string of the molecule is Cc1ccc(N2Cc3ccc(N)cc3C2)c(C)n1. The third-order valence-corrected chi connectivity index (χ3v) is 3.49. The summed E-state index contributed by atoms with van der Waals surface area (Å²) in [6, 6.07) is 10.4. The summed E-state index contributed by atoms with van der Waals surface area (Å²) in [6.07, 6.45) is 0. The van der Waals surface area contributed by atoms with Gasteiger partial charge in [0.2, 0.25) is 0 Å². The molecule has 3 heteroatoms. The van der Waals surface area contributed by atoms with E-state index in [0.29, 0.717) is 0 Å². The fraction of sp³-hybridized carbons (Fsp3) is 0.267. The van der Waals surface area contributed by atoms with Gasteiger partial charge in [-0.25, -0.2) is 0 Å². The smallest absolute Gasteiger partial charge is 0.0609 e. The predicted molar refractivity (Wildman–Crippen MR) is 74.5 cm³/mol. The molecule has 2 heterocycles. The van der Waals surface area contributed by atoms with Crippen LogP contribution in [0.5, 0.6) is 0 Å². The second-order valence-electron chi connectivity index (χ2n) is 4.94. The normalized spacial score (nSPS) is 13.8. The molecule has 1 aromatic carbocycles. The number of hydrogen-bond acceptors (Lipinski definition) is 3. The van der Waals surface area contributed by atoms with Crippen molar-refractivity contribution in [3.63, 3.8) is 0 Å². The van der Waals surface area contributed by atoms with Crippen LogP contribution < -0.4 is 10.6 Å². The average Bonchev–Trinajstić information content (AvgIpc) is 2.71. The molecule has 3 rings (SSSR count). The van der Waals surface area contributed by atoms with Crippen molar-refractivity contribution in [3.8, 4) is 0 Å². The van der Waals surface area contributed by atoms with Gasteiger partial charge in [-0.2, -0.15) is 0 Å². The van der Waals surface area contributed by atoms with Crippen LogP contribution in [-0.4, -0.2) is 4.98 Å². The monoisotopic (exact) mass is 239 g/mol. The molecule has 18 heavy (non-hydrogen) atoms.